The summed E-state index contributed by atoms with van der Waals surface area (Å²) in [6, 6.07) is 8.99. The van der Waals surface area contributed by atoms with Crippen molar-refractivity contribution in [1.82, 2.24) is 0 Å². The fourth-order valence-corrected chi connectivity index (χ4v) is 2.06. The van der Waals surface area contributed by atoms with E-state index < -0.39 is 20.1 Å². The standard InChI is InChI=1S/C13H13B2FO4/c1-8-6-9(2-4-11(8)14(17)18)10-3-5-12(15(19)20)13(16)7-10/h2-7,17-20H,1H3. The smallest absolute Gasteiger partial charge is 0.423 e. The van der Waals surface area contributed by atoms with Crippen molar-refractivity contribution in [2.24, 2.45) is 0 Å². The van der Waals surface area contributed by atoms with E-state index in [1.165, 1.54) is 12.1 Å². The predicted octanol–water partition coefficient (Wildman–Crippen LogP) is -0.839. The third kappa shape index (κ3) is 2.91. The molecular weight excluding hydrogens is 261 g/mol. The van der Waals surface area contributed by atoms with Gasteiger partial charge in [-0.05, 0) is 29.6 Å². The number of halogens is 1. The second-order valence-corrected chi connectivity index (χ2v) is 4.55. The van der Waals surface area contributed by atoms with Crippen molar-refractivity contribution in [3.8, 4) is 11.1 Å². The molecule has 0 fully saturated rings. The maximum Gasteiger partial charge on any atom is 0.491 e. The van der Waals surface area contributed by atoms with Gasteiger partial charge in [-0.3, -0.25) is 0 Å². The zero-order valence-electron chi connectivity index (χ0n) is 10.8. The van der Waals surface area contributed by atoms with Crippen LogP contribution in [0.1, 0.15) is 5.56 Å². The Morgan fingerprint density at radius 2 is 1.30 bits per heavy atom. The van der Waals surface area contributed by atoms with Crippen LogP contribution in [-0.2, 0) is 0 Å². The molecule has 4 N–H and O–H groups in total. The predicted molar refractivity (Wildman–Crippen MR) is 76.2 cm³/mol. The molecule has 0 heterocycles. The van der Waals surface area contributed by atoms with E-state index in [1.807, 2.05) is 0 Å². The molecule has 4 nitrogen and oxygen atoms in total. The second-order valence-electron chi connectivity index (χ2n) is 4.55. The minimum absolute atomic E-state index is 0.187. The largest absolute Gasteiger partial charge is 0.491 e. The Balaban J connectivity index is 2.42. The van der Waals surface area contributed by atoms with Crippen LogP contribution < -0.4 is 10.9 Å². The zero-order chi connectivity index (χ0) is 14.9. The van der Waals surface area contributed by atoms with Gasteiger partial charge in [-0.2, -0.15) is 0 Å². The van der Waals surface area contributed by atoms with Crippen molar-refractivity contribution < 1.29 is 24.5 Å². The Morgan fingerprint density at radius 1 is 0.800 bits per heavy atom. The van der Waals surface area contributed by atoms with Crippen molar-refractivity contribution in [3.63, 3.8) is 0 Å². The molecule has 2 rings (SSSR count). The van der Waals surface area contributed by atoms with E-state index in [1.54, 1.807) is 31.2 Å². The van der Waals surface area contributed by atoms with Crippen LogP contribution in [0.25, 0.3) is 11.1 Å². The Labute approximate surface area is 116 Å². The first kappa shape index (κ1) is 14.7. The highest BCUT2D eigenvalue weighted by molar-refractivity contribution is 6.59. The summed E-state index contributed by atoms with van der Waals surface area (Å²) in [4.78, 5) is 0. The Hall–Kier alpha value is -1.66. The molecule has 0 saturated carbocycles. The number of hydrogen-bond acceptors (Lipinski definition) is 4. The minimum atomic E-state index is -1.85. The van der Waals surface area contributed by atoms with Crippen molar-refractivity contribution in [2.45, 2.75) is 6.92 Å². The summed E-state index contributed by atoms with van der Waals surface area (Å²) < 4.78 is 13.7. The van der Waals surface area contributed by atoms with Gasteiger partial charge in [0.05, 0.1) is 0 Å². The SMILES string of the molecule is Cc1cc(-c2ccc(B(O)O)c(F)c2)ccc1B(O)O. The average molecular weight is 274 g/mol. The maximum absolute atomic E-state index is 13.7. The molecule has 0 amide bonds. The topological polar surface area (TPSA) is 80.9 Å². The molecule has 0 bridgehead atoms. The summed E-state index contributed by atoms with van der Waals surface area (Å²) in [7, 11) is -3.40. The van der Waals surface area contributed by atoms with Gasteiger partial charge in [0.25, 0.3) is 0 Å². The van der Waals surface area contributed by atoms with Gasteiger partial charge in [0.15, 0.2) is 0 Å². The van der Waals surface area contributed by atoms with E-state index in [9.17, 15) is 4.39 Å². The lowest BCUT2D eigenvalue weighted by Crippen LogP contribution is -2.32. The molecule has 0 aliphatic carbocycles. The van der Waals surface area contributed by atoms with Gasteiger partial charge in [-0.1, -0.05) is 35.9 Å². The van der Waals surface area contributed by atoms with Crippen LogP contribution in [0.3, 0.4) is 0 Å². The summed E-state index contributed by atoms with van der Waals surface area (Å²) in [5.74, 6) is -0.707. The van der Waals surface area contributed by atoms with Crippen LogP contribution >= 0.6 is 0 Å². The molecule has 0 aliphatic heterocycles. The van der Waals surface area contributed by atoms with Crippen LogP contribution in [-0.4, -0.2) is 34.3 Å². The van der Waals surface area contributed by atoms with E-state index in [0.29, 0.717) is 22.2 Å². The van der Waals surface area contributed by atoms with Gasteiger partial charge in [0, 0.05) is 5.46 Å². The summed E-state index contributed by atoms with van der Waals surface area (Å²) in [5.41, 5.74) is 2.13. The van der Waals surface area contributed by atoms with Crippen LogP contribution in [0, 0.1) is 12.7 Å². The second kappa shape index (κ2) is 5.76. The van der Waals surface area contributed by atoms with Crippen LogP contribution in [0.5, 0.6) is 0 Å². The molecule has 102 valence electrons. The fourth-order valence-electron chi connectivity index (χ4n) is 2.06. The molecule has 0 atom stereocenters. The number of rotatable bonds is 3. The molecule has 2 aromatic rings. The number of benzene rings is 2. The lowest BCUT2D eigenvalue weighted by Gasteiger charge is -2.09. The van der Waals surface area contributed by atoms with E-state index in [2.05, 4.69) is 0 Å². The van der Waals surface area contributed by atoms with Gasteiger partial charge in [-0.15, -0.1) is 0 Å². The third-order valence-electron chi connectivity index (χ3n) is 3.16. The molecule has 20 heavy (non-hydrogen) atoms. The van der Waals surface area contributed by atoms with Gasteiger partial charge in [0.2, 0.25) is 0 Å². The lowest BCUT2D eigenvalue weighted by atomic mass is 9.76. The summed E-state index contributed by atoms with van der Waals surface area (Å²) in [5, 5.41) is 36.2. The van der Waals surface area contributed by atoms with Gasteiger partial charge in [-0.25, -0.2) is 4.39 Å². The summed E-state index contributed by atoms with van der Waals surface area (Å²) in [6.45, 7) is 1.72. The third-order valence-corrected chi connectivity index (χ3v) is 3.16. The zero-order valence-corrected chi connectivity index (χ0v) is 10.8. The average Bonchev–Trinajstić information content (AvgIpc) is 2.37. The van der Waals surface area contributed by atoms with E-state index >= 15 is 0 Å². The Morgan fingerprint density at radius 3 is 1.75 bits per heavy atom. The highest BCUT2D eigenvalue weighted by atomic mass is 19.1. The molecule has 0 saturated heterocycles. The van der Waals surface area contributed by atoms with Gasteiger partial charge >= 0.3 is 14.2 Å². The fraction of sp³-hybridized carbons (Fsp3) is 0.0769. The van der Waals surface area contributed by atoms with Gasteiger partial charge < -0.3 is 20.1 Å². The van der Waals surface area contributed by atoms with Crippen molar-refractivity contribution in [2.75, 3.05) is 0 Å². The highest BCUT2D eigenvalue weighted by Crippen LogP contribution is 2.20. The lowest BCUT2D eigenvalue weighted by molar-refractivity contribution is 0.422. The number of aryl methyl sites for hydroxylation is 1. The minimum Gasteiger partial charge on any atom is -0.423 e. The Bertz CT molecular complexity index is 576. The number of hydrogen-bond donors (Lipinski definition) is 4. The summed E-state index contributed by atoms with van der Waals surface area (Å²) >= 11 is 0. The van der Waals surface area contributed by atoms with Crippen molar-refractivity contribution in [3.05, 3.63) is 47.8 Å². The van der Waals surface area contributed by atoms with Crippen molar-refractivity contribution >= 4 is 25.2 Å². The van der Waals surface area contributed by atoms with Crippen LogP contribution in [0.4, 0.5) is 4.39 Å². The monoisotopic (exact) mass is 274 g/mol. The van der Waals surface area contributed by atoms with E-state index in [-0.39, 0.29) is 5.46 Å². The molecular formula is C13H13B2FO4. The molecule has 0 aromatic heterocycles. The first-order chi connectivity index (χ1) is 9.40. The molecule has 0 unspecified atom stereocenters. The summed E-state index contributed by atoms with van der Waals surface area (Å²) in [6.07, 6.45) is 0. The first-order valence-electron chi connectivity index (χ1n) is 6.03. The Kier molecular flexibility index (Phi) is 4.25. The molecule has 0 aliphatic rings. The van der Waals surface area contributed by atoms with Crippen LogP contribution in [0.2, 0.25) is 0 Å². The first-order valence-corrected chi connectivity index (χ1v) is 6.03. The van der Waals surface area contributed by atoms with E-state index in [4.69, 9.17) is 20.1 Å². The van der Waals surface area contributed by atoms with Crippen molar-refractivity contribution in [1.29, 1.82) is 0 Å². The van der Waals surface area contributed by atoms with E-state index in [0.717, 1.165) is 0 Å². The highest BCUT2D eigenvalue weighted by Gasteiger charge is 2.18. The molecule has 0 radical (unpaired) electrons. The van der Waals surface area contributed by atoms with Gasteiger partial charge in [0.1, 0.15) is 5.82 Å². The molecule has 7 heteroatoms. The normalized spacial score (nSPS) is 10.5. The quantitative estimate of drug-likeness (QED) is 0.550. The molecule has 2 aromatic carbocycles. The molecule has 0 spiro atoms. The van der Waals surface area contributed by atoms with Crippen LogP contribution in [0.15, 0.2) is 36.4 Å². The maximum atomic E-state index is 13.7.